The molecule has 4 heteroatoms. The Hall–Kier alpha value is -1.39. The molecule has 0 aliphatic heterocycles. The summed E-state index contributed by atoms with van der Waals surface area (Å²) in [7, 11) is 4.22. The number of carbonyl (C=O) groups is 1. The third-order valence-electron chi connectivity index (χ3n) is 5.75. The Morgan fingerprint density at radius 3 is 2.54 bits per heavy atom. The summed E-state index contributed by atoms with van der Waals surface area (Å²) in [6, 6.07) is 8.05. The molecule has 2 N–H and O–H groups in total. The molecule has 160 valence electrons. The predicted octanol–water partition coefficient (Wildman–Crippen LogP) is 5.22. The Morgan fingerprint density at radius 1 is 1.25 bits per heavy atom. The maximum absolute atomic E-state index is 12.6. The van der Waals surface area contributed by atoms with Crippen molar-refractivity contribution in [2.24, 2.45) is 17.1 Å². The lowest BCUT2D eigenvalue weighted by Crippen LogP contribution is -2.31. The van der Waals surface area contributed by atoms with Crippen LogP contribution in [0.5, 0.6) is 5.75 Å². The van der Waals surface area contributed by atoms with Gasteiger partial charge < -0.3 is 15.4 Å². The molecule has 1 aromatic rings. The van der Waals surface area contributed by atoms with Crippen LogP contribution in [0.2, 0.25) is 0 Å². The number of nitrogens with zero attached hydrogens (tertiary/aromatic N) is 1. The van der Waals surface area contributed by atoms with Crippen molar-refractivity contribution in [2.75, 3.05) is 27.2 Å². The van der Waals surface area contributed by atoms with Gasteiger partial charge >= 0.3 is 5.97 Å². The van der Waals surface area contributed by atoms with Crippen LogP contribution in [0.3, 0.4) is 0 Å². The van der Waals surface area contributed by atoms with Crippen LogP contribution < -0.4 is 10.5 Å². The lowest BCUT2D eigenvalue weighted by molar-refractivity contribution is -0.136. The first-order valence-corrected chi connectivity index (χ1v) is 10.9. The minimum absolute atomic E-state index is 0.184. The summed E-state index contributed by atoms with van der Waals surface area (Å²) in [6.45, 7) is 10.3. The van der Waals surface area contributed by atoms with Gasteiger partial charge in [-0.25, -0.2) is 0 Å². The van der Waals surface area contributed by atoms with E-state index in [1.807, 2.05) is 18.2 Å². The van der Waals surface area contributed by atoms with Crippen molar-refractivity contribution in [3.8, 4) is 5.75 Å². The third kappa shape index (κ3) is 8.32. The van der Waals surface area contributed by atoms with Crippen molar-refractivity contribution in [2.45, 2.75) is 72.1 Å². The van der Waals surface area contributed by atoms with Crippen LogP contribution in [0.1, 0.15) is 77.7 Å². The summed E-state index contributed by atoms with van der Waals surface area (Å²) >= 11 is 0. The van der Waals surface area contributed by atoms with E-state index in [1.165, 1.54) is 18.4 Å². The molecule has 4 nitrogen and oxygen atoms in total. The second-order valence-corrected chi connectivity index (χ2v) is 8.95. The van der Waals surface area contributed by atoms with Gasteiger partial charge in [-0.15, -0.1) is 0 Å². The Morgan fingerprint density at radius 2 is 1.96 bits per heavy atom. The molecule has 0 aliphatic carbocycles. The van der Waals surface area contributed by atoms with Gasteiger partial charge in [0, 0.05) is 6.54 Å². The van der Waals surface area contributed by atoms with Gasteiger partial charge in [0.2, 0.25) is 0 Å². The molecular formula is C24H42N2O2. The summed E-state index contributed by atoms with van der Waals surface area (Å²) in [5.41, 5.74) is 7.03. The van der Waals surface area contributed by atoms with Gasteiger partial charge in [0.05, 0.1) is 6.42 Å². The molecule has 0 bridgehead atoms. The third-order valence-corrected chi connectivity index (χ3v) is 5.75. The van der Waals surface area contributed by atoms with Crippen LogP contribution in [0.25, 0.3) is 0 Å². The molecule has 0 fully saturated rings. The highest BCUT2D eigenvalue weighted by molar-refractivity contribution is 5.73. The minimum Gasteiger partial charge on any atom is -0.427 e. The molecule has 3 unspecified atom stereocenters. The summed E-state index contributed by atoms with van der Waals surface area (Å²) in [5.74, 6) is 1.44. The van der Waals surface area contributed by atoms with E-state index in [-0.39, 0.29) is 11.4 Å². The highest BCUT2D eigenvalue weighted by Gasteiger charge is 2.27. The lowest BCUT2D eigenvalue weighted by atomic mass is 9.81. The zero-order chi connectivity index (χ0) is 21.2. The fourth-order valence-corrected chi connectivity index (χ4v) is 4.06. The molecule has 0 aromatic heterocycles. The molecule has 0 aliphatic rings. The van der Waals surface area contributed by atoms with Crippen LogP contribution in [0.15, 0.2) is 24.3 Å². The van der Waals surface area contributed by atoms with Gasteiger partial charge in [-0.2, -0.15) is 0 Å². The summed E-state index contributed by atoms with van der Waals surface area (Å²) in [6.07, 6.45) is 5.85. The molecule has 1 rings (SSSR count). The predicted molar refractivity (Wildman–Crippen MR) is 119 cm³/mol. The largest absolute Gasteiger partial charge is 0.427 e. The first-order valence-electron chi connectivity index (χ1n) is 10.9. The van der Waals surface area contributed by atoms with Crippen molar-refractivity contribution in [3.63, 3.8) is 0 Å². The number of rotatable bonds is 13. The molecule has 0 amide bonds. The quantitative estimate of drug-likeness (QED) is 0.285. The van der Waals surface area contributed by atoms with Gasteiger partial charge in [-0.3, -0.25) is 4.79 Å². The maximum atomic E-state index is 12.6. The maximum Gasteiger partial charge on any atom is 0.311 e. The molecule has 0 radical (unpaired) electrons. The standard InChI is InChI=1S/C24H42N2O2/c1-7-9-10-14-24(4,18-25)16-23(27)28-21-13-11-12-20(15-21)22(8-2)19(3)17-26(5)6/h11-13,15,19,22H,7-10,14,16-18,25H2,1-6H3. The van der Waals surface area contributed by atoms with Crippen LogP contribution >= 0.6 is 0 Å². The normalized spacial score (nSPS) is 15.9. The second kappa shape index (κ2) is 12.2. The Kier molecular flexibility index (Phi) is 10.8. The highest BCUT2D eigenvalue weighted by Crippen LogP contribution is 2.32. The molecule has 0 saturated heterocycles. The van der Waals surface area contributed by atoms with Gasteiger partial charge in [0.25, 0.3) is 0 Å². The Balaban J connectivity index is 2.78. The first kappa shape index (κ1) is 24.6. The molecule has 1 aromatic carbocycles. The highest BCUT2D eigenvalue weighted by atomic mass is 16.5. The smallest absolute Gasteiger partial charge is 0.311 e. The van der Waals surface area contributed by atoms with Crippen LogP contribution in [-0.4, -0.2) is 38.1 Å². The van der Waals surface area contributed by atoms with E-state index in [1.54, 1.807) is 0 Å². The van der Waals surface area contributed by atoms with Crippen LogP contribution in [0, 0.1) is 11.3 Å². The van der Waals surface area contributed by atoms with E-state index in [0.717, 1.165) is 25.8 Å². The van der Waals surface area contributed by atoms with Gasteiger partial charge in [0.1, 0.15) is 5.75 Å². The number of unbranched alkanes of at least 4 members (excludes halogenated alkanes) is 2. The minimum atomic E-state index is -0.184. The molecule has 3 atom stereocenters. The number of ether oxygens (including phenoxy) is 1. The molecule has 28 heavy (non-hydrogen) atoms. The fraction of sp³-hybridized carbons (Fsp3) is 0.708. The van der Waals surface area contributed by atoms with E-state index in [9.17, 15) is 4.79 Å². The zero-order valence-corrected chi connectivity index (χ0v) is 19.0. The van der Waals surface area contributed by atoms with Crippen molar-refractivity contribution < 1.29 is 9.53 Å². The number of esters is 1. The average molecular weight is 391 g/mol. The molecular weight excluding hydrogens is 348 g/mol. The van der Waals surface area contributed by atoms with E-state index >= 15 is 0 Å². The van der Waals surface area contributed by atoms with E-state index < -0.39 is 0 Å². The SMILES string of the molecule is CCCCCC(C)(CN)CC(=O)Oc1cccc(C(CC)C(C)CN(C)C)c1. The summed E-state index contributed by atoms with van der Waals surface area (Å²) < 4.78 is 5.71. The topological polar surface area (TPSA) is 55.6 Å². The Bertz CT molecular complexity index is 588. The average Bonchev–Trinajstić information content (AvgIpc) is 2.62. The van der Waals surface area contributed by atoms with E-state index in [0.29, 0.717) is 30.6 Å². The monoisotopic (exact) mass is 390 g/mol. The lowest BCUT2D eigenvalue weighted by Gasteiger charge is -2.27. The molecule has 0 saturated carbocycles. The van der Waals surface area contributed by atoms with Gasteiger partial charge in [-0.1, -0.05) is 59.1 Å². The number of nitrogens with two attached hydrogens (primary N) is 1. The summed E-state index contributed by atoms with van der Waals surface area (Å²) in [5, 5.41) is 0. The molecule has 0 heterocycles. The number of hydrogen-bond acceptors (Lipinski definition) is 4. The van der Waals surface area contributed by atoms with Gasteiger partial charge in [-0.05, 0) is 68.4 Å². The molecule has 0 spiro atoms. The zero-order valence-electron chi connectivity index (χ0n) is 19.0. The van der Waals surface area contributed by atoms with Crippen molar-refractivity contribution in [1.29, 1.82) is 0 Å². The number of hydrogen-bond donors (Lipinski definition) is 1. The fourth-order valence-electron chi connectivity index (χ4n) is 4.06. The van der Waals surface area contributed by atoms with E-state index in [4.69, 9.17) is 10.5 Å². The van der Waals surface area contributed by atoms with Gasteiger partial charge in [0.15, 0.2) is 0 Å². The van der Waals surface area contributed by atoms with Crippen LogP contribution in [0.4, 0.5) is 0 Å². The van der Waals surface area contributed by atoms with E-state index in [2.05, 4.69) is 52.8 Å². The number of benzene rings is 1. The van der Waals surface area contributed by atoms with Crippen LogP contribution in [-0.2, 0) is 4.79 Å². The van der Waals surface area contributed by atoms with Crippen molar-refractivity contribution >= 4 is 5.97 Å². The summed E-state index contributed by atoms with van der Waals surface area (Å²) in [4.78, 5) is 14.8. The second-order valence-electron chi connectivity index (χ2n) is 8.95. The first-order chi connectivity index (χ1) is 13.2. The Labute approximate surface area is 172 Å². The number of carbonyl (C=O) groups excluding carboxylic acids is 1. The van der Waals surface area contributed by atoms with Crippen molar-refractivity contribution in [3.05, 3.63) is 29.8 Å². The van der Waals surface area contributed by atoms with Crippen molar-refractivity contribution in [1.82, 2.24) is 4.90 Å².